The molecule has 0 aliphatic heterocycles. The molecular weight excluding hydrogens is 166 g/mol. The molecule has 5 nitrogen and oxygen atoms in total. The minimum atomic E-state index is 0.300. The van der Waals surface area contributed by atoms with Gasteiger partial charge in [-0.2, -0.15) is 4.98 Å². The summed E-state index contributed by atoms with van der Waals surface area (Å²) in [5, 5.41) is 7.18. The van der Waals surface area contributed by atoms with Crippen LogP contribution in [0.15, 0.2) is 18.3 Å². The maximum Gasteiger partial charge on any atom is 0.240 e. The molecule has 2 heterocycles. The highest BCUT2D eigenvalue weighted by Crippen LogP contribution is 2.09. The molecule has 0 bridgehead atoms. The highest BCUT2D eigenvalue weighted by Gasteiger charge is 1.99. The monoisotopic (exact) mass is 177 g/mol. The summed E-state index contributed by atoms with van der Waals surface area (Å²) in [6, 6.07) is 3.83. The number of rotatable bonds is 2. The molecule has 3 N–H and O–H groups in total. The predicted octanol–water partition coefficient (Wildman–Crippen LogP) is 0.743. The summed E-state index contributed by atoms with van der Waals surface area (Å²) in [5.74, 6) is 0.300. The maximum atomic E-state index is 5.45. The Morgan fingerprint density at radius 3 is 3.15 bits per heavy atom. The van der Waals surface area contributed by atoms with E-state index < -0.39 is 0 Å². The van der Waals surface area contributed by atoms with E-state index in [4.69, 9.17) is 5.73 Å². The molecule has 0 amide bonds. The van der Waals surface area contributed by atoms with E-state index in [1.165, 1.54) is 0 Å². The first-order chi connectivity index (χ1) is 6.29. The molecule has 0 saturated carbocycles. The van der Waals surface area contributed by atoms with Gasteiger partial charge in [-0.1, -0.05) is 0 Å². The summed E-state index contributed by atoms with van der Waals surface area (Å²) >= 11 is 0. The number of nitrogens with zero attached hydrogens (tertiary/aromatic N) is 3. The first-order valence-corrected chi connectivity index (χ1v) is 4.15. The third-order valence-electron chi connectivity index (χ3n) is 1.73. The number of aromatic nitrogens is 3. The van der Waals surface area contributed by atoms with Crippen molar-refractivity contribution < 1.29 is 0 Å². The molecule has 0 radical (unpaired) electrons. The number of hydrogen-bond acceptors (Lipinski definition) is 4. The SMILES string of the molecule is CCNc1ccc2nc(N)nn2c1. The van der Waals surface area contributed by atoms with Crippen LogP contribution in [0.25, 0.3) is 5.65 Å². The normalized spacial score (nSPS) is 10.5. The van der Waals surface area contributed by atoms with Crippen LogP contribution >= 0.6 is 0 Å². The van der Waals surface area contributed by atoms with E-state index >= 15 is 0 Å². The van der Waals surface area contributed by atoms with Crippen molar-refractivity contribution in [1.82, 2.24) is 14.6 Å². The van der Waals surface area contributed by atoms with Crippen LogP contribution in [0.5, 0.6) is 0 Å². The molecule has 2 aromatic rings. The molecule has 5 heteroatoms. The molecule has 0 unspecified atom stereocenters. The first kappa shape index (κ1) is 7.85. The number of nitrogens with one attached hydrogen (secondary N) is 1. The van der Waals surface area contributed by atoms with E-state index in [1.807, 2.05) is 25.3 Å². The smallest absolute Gasteiger partial charge is 0.240 e. The Morgan fingerprint density at radius 2 is 2.38 bits per heavy atom. The third kappa shape index (κ3) is 1.40. The van der Waals surface area contributed by atoms with Crippen LogP contribution in [-0.4, -0.2) is 21.1 Å². The van der Waals surface area contributed by atoms with Gasteiger partial charge in [0.15, 0.2) is 5.65 Å². The lowest BCUT2D eigenvalue weighted by Gasteiger charge is -2.01. The van der Waals surface area contributed by atoms with E-state index in [2.05, 4.69) is 15.4 Å². The minimum Gasteiger partial charge on any atom is -0.384 e. The van der Waals surface area contributed by atoms with Crippen molar-refractivity contribution in [1.29, 1.82) is 0 Å². The second kappa shape index (κ2) is 2.93. The number of pyridine rings is 1. The van der Waals surface area contributed by atoms with Crippen LogP contribution < -0.4 is 11.1 Å². The van der Waals surface area contributed by atoms with E-state index in [-0.39, 0.29) is 0 Å². The number of anilines is 2. The quantitative estimate of drug-likeness (QED) is 0.710. The molecule has 0 aliphatic rings. The lowest BCUT2D eigenvalue weighted by molar-refractivity contribution is 0.966. The van der Waals surface area contributed by atoms with Gasteiger partial charge in [-0.3, -0.25) is 0 Å². The molecule has 2 rings (SSSR count). The standard InChI is InChI=1S/C8H11N5/c1-2-10-6-3-4-7-11-8(9)12-13(7)5-6/h3-5,10H,2H2,1H3,(H2,9,12). The van der Waals surface area contributed by atoms with Crippen molar-refractivity contribution in [3.05, 3.63) is 18.3 Å². The number of nitrogen functional groups attached to an aromatic ring is 1. The summed E-state index contributed by atoms with van der Waals surface area (Å²) in [7, 11) is 0. The van der Waals surface area contributed by atoms with Crippen molar-refractivity contribution in [2.75, 3.05) is 17.6 Å². The van der Waals surface area contributed by atoms with Gasteiger partial charge in [0.25, 0.3) is 0 Å². The van der Waals surface area contributed by atoms with E-state index in [0.29, 0.717) is 5.95 Å². The van der Waals surface area contributed by atoms with Crippen molar-refractivity contribution in [3.8, 4) is 0 Å². The summed E-state index contributed by atoms with van der Waals surface area (Å²) < 4.78 is 1.66. The zero-order valence-electron chi connectivity index (χ0n) is 7.36. The number of fused-ring (bicyclic) bond motifs is 1. The van der Waals surface area contributed by atoms with Gasteiger partial charge in [0, 0.05) is 6.54 Å². The zero-order valence-corrected chi connectivity index (χ0v) is 7.36. The van der Waals surface area contributed by atoms with Crippen molar-refractivity contribution in [2.45, 2.75) is 6.92 Å². The number of hydrogen-bond donors (Lipinski definition) is 2. The molecule has 0 saturated heterocycles. The second-order valence-electron chi connectivity index (χ2n) is 2.72. The van der Waals surface area contributed by atoms with Crippen LogP contribution in [0.1, 0.15) is 6.92 Å². The van der Waals surface area contributed by atoms with E-state index in [9.17, 15) is 0 Å². The van der Waals surface area contributed by atoms with E-state index in [0.717, 1.165) is 17.9 Å². The third-order valence-corrected chi connectivity index (χ3v) is 1.73. The summed E-state index contributed by atoms with van der Waals surface area (Å²) in [6.45, 7) is 2.93. The van der Waals surface area contributed by atoms with Crippen LogP contribution in [0.2, 0.25) is 0 Å². The van der Waals surface area contributed by atoms with Crippen molar-refractivity contribution in [2.24, 2.45) is 0 Å². The Kier molecular flexibility index (Phi) is 1.77. The maximum absolute atomic E-state index is 5.45. The van der Waals surface area contributed by atoms with Gasteiger partial charge < -0.3 is 11.1 Å². The Bertz CT molecular complexity index is 419. The molecule has 2 aromatic heterocycles. The Labute approximate surface area is 75.6 Å². The lowest BCUT2D eigenvalue weighted by Crippen LogP contribution is -1.98. The Morgan fingerprint density at radius 1 is 1.54 bits per heavy atom. The fourth-order valence-electron chi connectivity index (χ4n) is 1.21. The summed E-state index contributed by atoms with van der Waals surface area (Å²) in [6.07, 6.45) is 1.86. The van der Waals surface area contributed by atoms with Gasteiger partial charge in [0.1, 0.15) is 0 Å². The fraction of sp³-hybridized carbons (Fsp3) is 0.250. The minimum absolute atomic E-state index is 0.300. The highest BCUT2D eigenvalue weighted by molar-refractivity contribution is 5.50. The molecular formula is C8H11N5. The van der Waals surface area contributed by atoms with Gasteiger partial charge in [-0.15, -0.1) is 5.10 Å². The van der Waals surface area contributed by atoms with Gasteiger partial charge in [-0.25, -0.2) is 4.52 Å². The molecule has 0 atom stereocenters. The average molecular weight is 177 g/mol. The zero-order chi connectivity index (χ0) is 9.26. The average Bonchev–Trinajstić information content (AvgIpc) is 2.44. The predicted molar refractivity (Wildman–Crippen MR) is 51.6 cm³/mol. The fourth-order valence-corrected chi connectivity index (χ4v) is 1.21. The second-order valence-corrected chi connectivity index (χ2v) is 2.72. The molecule has 13 heavy (non-hydrogen) atoms. The molecule has 68 valence electrons. The van der Waals surface area contributed by atoms with Gasteiger partial charge >= 0.3 is 0 Å². The highest BCUT2D eigenvalue weighted by atomic mass is 15.3. The lowest BCUT2D eigenvalue weighted by atomic mass is 10.4. The molecule has 0 spiro atoms. The van der Waals surface area contributed by atoms with Crippen LogP contribution in [0.4, 0.5) is 11.6 Å². The topological polar surface area (TPSA) is 68.2 Å². The summed E-state index contributed by atoms with van der Waals surface area (Å²) in [5.41, 5.74) is 7.23. The van der Waals surface area contributed by atoms with Crippen LogP contribution in [0, 0.1) is 0 Å². The molecule has 0 aliphatic carbocycles. The van der Waals surface area contributed by atoms with Gasteiger partial charge in [-0.05, 0) is 19.1 Å². The van der Waals surface area contributed by atoms with Crippen molar-refractivity contribution in [3.63, 3.8) is 0 Å². The largest absolute Gasteiger partial charge is 0.384 e. The molecule has 0 fully saturated rings. The summed E-state index contributed by atoms with van der Waals surface area (Å²) in [4.78, 5) is 4.02. The molecule has 0 aromatic carbocycles. The Balaban J connectivity index is 2.48. The van der Waals surface area contributed by atoms with Crippen molar-refractivity contribution >= 4 is 17.3 Å². The van der Waals surface area contributed by atoms with Crippen LogP contribution in [-0.2, 0) is 0 Å². The van der Waals surface area contributed by atoms with Crippen LogP contribution in [0.3, 0.4) is 0 Å². The van der Waals surface area contributed by atoms with Gasteiger partial charge in [0.05, 0.1) is 11.9 Å². The van der Waals surface area contributed by atoms with Gasteiger partial charge in [0.2, 0.25) is 5.95 Å². The number of nitrogens with two attached hydrogens (primary N) is 1. The Hall–Kier alpha value is -1.78. The van der Waals surface area contributed by atoms with E-state index in [1.54, 1.807) is 4.52 Å². The first-order valence-electron chi connectivity index (χ1n) is 4.15.